The fourth-order valence-corrected chi connectivity index (χ4v) is 4.37. The molecule has 0 N–H and O–H groups in total. The SMILES string of the molecule is C=CC(=O)N1CC2(CCN(c3nc4c(cc3C#N)CCCC4)C2)C1. The molecule has 0 aromatic carbocycles. The van der Waals surface area contributed by atoms with E-state index < -0.39 is 0 Å². The Hall–Kier alpha value is -2.35. The first-order valence-electron chi connectivity index (χ1n) is 8.73. The minimum Gasteiger partial charge on any atom is -0.355 e. The smallest absolute Gasteiger partial charge is 0.245 e. The zero-order chi connectivity index (χ0) is 16.7. The number of anilines is 1. The van der Waals surface area contributed by atoms with Crippen molar-refractivity contribution in [2.24, 2.45) is 5.41 Å². The number of nitrogens with zero attached hydrogens (tertiary/aromatic N) is 4. The Kier molecular flexibility index (Phi) is 3.56. The lowest BCUT2D eigenvalue weighted by molar-refractivity contribution is -0.136. The van der Waals surface area contributed by atoms with Crippen LogP contribution >= 0.6 is 0 Å². The molecule has 124 valence electrons. The van der Waals surface area contributed by atoms with E-state index in [9.17, 15) is 10.1 Å². The van der Waals surface area contributed by atoms with E-state index in [0.29, 0.717) is 5.56 Å². The Balaban J connectivity index is 1.55. The highest BCUT2D eigenvalue weighted by molar-refractivity contribution is 5.87. The molecule has 2 aliphatic heterocycles. The zero-order valence-corrected chi connectivity index (χ0v) is 13.9. The Bertz CT molecular complexity index is 742. The number of nitriles is 1. The van der Waals surface area contributed by atoms with Gasteiger partial charge in [-0.3, -0.25) is 4.79 Å². The van der Waals surface area contributed by atoms with Crippen molar-refractivity contribution in [1.29, 1.82) is 5.26 Å². The summed E-state index contributed by atoms with van der Waals surface area (Å²) < 4.78 is 0. The number of pyridine rings is 1. The Morgan fingerprint density at radius 2 is 2.12 bits per heavy atom. The number of rotatable bonds is 2. The molecule has 0 radical (unpaired) electrons. The van der Waals surface area contributed by atoms with Crippen LogP contribution in [-0.4, -0.2) is 42.0 Å². The topological polar surface area (TPSA) is 60.2 Å². The fourth-order valence-electron chi connectivity index (χ4n) is 4.37. The molecule has 1 amide bonds. The van der Waals surface area contributed by atoms with Gasteiger partial charge in [0.2, 0.25) is 5.91 Å². The molecule has 5 nitrogen and oxygen atoms in total. The lowest BCUT2D eigenvalue weighted by Gasteiger charge is -2.47. The van der Waals surface area contributed by atoms with Crippen LogP contribution in [0.4, 0.5) is 5.82 Å². The van der Waals surface area contributed by atoms with E-state index in [-0.39, 0.29) is 11.3 Å². The second kappa shape index (κ2) is 5.62. The standard InChI is InChI=1S/C19H22N4O/c1-2-17(24)23-12-19(13-23)7-8-22(11-19)18-15(10-20)9-14-5-3-4-6-16(14)21-18/h2,9H,1,3-8,11-13H2. The lowest BCUT2D eigenvalue weighted by Crippen LogP contribution is -2.59. The van der Waals surface area contributed by atoms with E-state index in [2.05, 4.69) is 23.6 Å². The molecule has 3 aliphatic rings. The molecule has 1 spiro atoms. The molecule has 2 fully saturated rings. The second-order valence-corrected chi connectivity index (χ2v) is 7.35. The van der Waals surface area contributed by atoms with Gasteiger partial charge in [-0.05, 0) is 49.8 Å². The highest BCUT2D eigenvalue weighted by Gasteiger charge is 2.49. The third-order valence-corrected chi connectivity index (χ3v) is 5.68. The van der Waals surface area contributed by atoms with Crippen molar-refractivity contribution < 1.29 is 4.79 Å². The maximum Gasteiger partial charge on any atom is 0.245 e. The Morgan fingerprint density at radius 1 is 1.33 bits per heavy atom. The number of carbonyl (C=O) groups excluding carboxylic acids is 1. The lowest BCUT2D eigenvalue weighted by atomic mass is 9.79. The summed E-state index contributed by atoms with van der Waals surface area (Å²) in [5.74, 6) is 0.868. The molecule has 1 aliphatic carbocycles. The third kappa shape index (κ3) is 2.37. The van der Waals surface area contributed by atoms with Crippen molar-refractivity contribution in [1.82, 2.24) is 9.88 Å². The van der Waals surface area contributed by atoms with Crippen molar-refractivity contribution in [3.05, 3.63) is 35.5 Å². The van der Waals surface area contributed by atoms with Crippen molar-refractivity contribution in [2.45, 2.75) is 32.1 Å². The number of fused-ring (bicyclic) bond motifs is 1. The molecule has 1 aromatic rings. The Labute approximate surface area is 142 Å². The Morgan fingerprint density at radius 3 is 2.88 bits per heavy atom. The highest BCUT2D eigenvalue weighted by atomic mass is 16.2. The summed E-state index contributed by atoms with van der Waals surface area (Å²) in [6.45, 7) is 6.94. The van der Waals surface area contributed by atoms with E-state index >= 15 is 0 Å². The molecule has 1 aromatic heterocycles. The van der Waals surface area contributed by atoms with Crippen LogP contribution < -0.4 is 4.90 Å². The first-order valence-corrected chi connectivity index (χ1v) is 8.73. The molecular formula is C19H22N4O. The molecule has 0 unspecified atom stereocenters. The van der Waals surface area contributed by atoms with Crippen molar-refractivity contribution in [3.8, 4) is 6.07 Å². The third-order valence-electron chi connectivity index (χ3n) is 5.68. The number of aryl methyl sites for hydroxylation is 2. The monoisotopic (exact) mass is 322 g/mol. The van der Waals surface area contributed by atoms with Gasteiger partial charge in [0.05, 0.1) is 5.56 Å². The molecule has 0 bridgehead atoms. The first kappa shape index (κ1) is 15.2. The summed E-state index contributed by atoms with van der Waals surface area (Å²) >= 11 is 0. The van der Waals surface area contributed by atoms with Crippen LogP contribution in [0.2, 0.25) is 0 Å². The van der Waals surface area contributed by atoms with Gasteiger partial charge in [0.25, 0.3) is 0 Å². The molecular weight excluding hydrogens is 300 g/mol. The van der Waals surface area contributed by atoms with Crippen molar-refractivity contribution in [2.75, 3.05) is 31.1 Å². The predicted octanol–water partition coefficient (Wildman–Crippen LogP) is 2.06. The van der Waals surface area contributed by atoms with E-state index in [4.69, 9.17) is 4.98 Å². The molecule has 0 saturated carbocycles. The van der Waals surface area contributed by atoms with Crippen LogP contribution in [0.1, 0.15) is 36.1 Å². The van der Waals surface area contributed by atoms with Crippen LogP contribution in [0.3, 0.4) is 0 Å². The first-order chi connectivity index (χ1) is 11.6. The number of aromatic nitrogens is 1. The number of hydrogen-bond donors (Lipinski definition) is 0. The van der Waals surface area contributed by atoms with Crippen LogP contribution in [0, 0.1) is 16.7 Å². The van der Waals surface area contributed by atoms with E-state index in [1.54, 1.807) is 0 Å². The maximum absolute atomic E-state index is 11.7. The van der Waals surface area contributed by atoms with E-state index in [1.165, 1.54) is 30.2 Å². The summed E-state index contributed by atoms with van der Waals surface area (Å²) in [6.07, 6.45) is 6.89. The largest absolute Gasteiger partial charge is 0.355 e. The number of carbonyl (C=O) groups is 1. The van der Waals surface area contributed by atoms with Gasteiger partial charge in [0, 0.05) is 37.3 Å². The average molecular weight is 322 g/mol. The van der Waals surface area contributed by atoms with Crippen LogP contribution in [0.15, 0.2) is 18.7 Å². The summed E-state index contributed by atoms with van der Waals surface area (Å²) in [5.41, 5.74) is 3.30. The molecule has 0 atom stereocenters. The van der Waals surface area contributed by atoms with Gasteiger partial charge in [0.15, 0.2) is 0 Å². The van der Waals surface area contributed by atoms with Gasteiger partial charge >= 0.3 is 0 Å². The van der Waals surface area contributed by atoms with Gasteiger partial charge in [-0.2, -0.15) is 5.26 Å². The molecule has 4 rings (SSSR count). The normalized spacial score (nSPS) is 21.1. The quantitative estimate of drug-likeness (QED) is 0.782. The number of amides is 1. The molecule has 2 saturated heterocycles. The van der Waals surface area contributed by atoms with E-state index in [1.807, 2.05) is 4.90 Å². The van der Waals surface area contributed by atoms with Gasteiger partial charge in [-0.15, -0.1) is 0 Å². The van der Waals surface area contributed by atoms with Gasteiger partial charge < -0.3 is 9.80 Å². The van der Waals surface area contributed by atoms with Crippen molar-refractivity contribution in [3.63, 3.8) is 0 Å². The minimum atomic E-state index is 0.0173. The fraction of sp³-hybridized carbons (Fsp3) is 0.526. The molecule has 5 heteroatoms. The number of likely N-dealkylation sites (tertiary alicyclic amines) is 1. The van der Waals surface area contributed by atoms with Gasteiger partial charge in [-0.25, -0.2) is 4.98 Å². The molecule has 24 heavy (non-hydrogen) atoms. The summed E-state index contributed by atoms with van der Waals surface area (Å²) in [4.78, 5) is 20.7. The van der Waals surface area contributed by atoms with Gasteiger partial charge in [-0.1, -0.05) is 6.58 Å². The maximum atomic E-state index is 11.7. The van der Waals surface area contributed by atoms with Crippen LogP contribution in [0.5, 0.6) is 0 Å². The van der Waals surface area contributed by atoms with Crippen LogP contribution in [0.25, 0.3) is 0 Å². The number of hydrogen-bond acceptors (Lipinski definition) is 4. The zero-order valence-electron chi connectivity index (χ0n) is 13.9. The van der Waals surface area contributed by atoms with Crippen molar-refractivity contribution >= 4 is 11.7 Å². The summed E-state index contributed by atoms with van der Waals surface area (Å²) in [6, 6.07) is 4.39. The second-order valence-electron chi connectivity index (χ2n) is 7.35. The molecule has 3 heterocycles. The predicted molar refractivity (Wildman–Crippen MR) is 91.6 cm³/mol. The minimum absolute atomic E-state index is 0.0173. The van der Waals surface area contributed by atoms with E-state index in [0.717, 1.165) is 51.3 Å². The average Bonchev–Trinajstić information content (AvgIpc) is 3.04. The van der Waals surface area contributed by atoms with Gasteiger partial charge in [0.1, 0.15) is 11.9 Å². The van der Waals surface area contributed by atoms with Crippen LogP contribution in [-0.2, 0) is 17.6 Å². The summed E-state index contributed by atoms with van der Waals surface area (Å²) in [5, 5.41) is 9.55. The highest BCUT2D eigenvalue weighted by Crippen LogP contribution is 2.41. The summed E-state index contributed by atoms with van der Waals surface area (Å²) in [7, 11) is 0.